The fraction of sp³-hybridized carbons (Fsp3) is 0.586. The van der Waals surface area contributed by atoms with Gasteiger partial charge in [-0.25, -0.2) is 9.97 Å². The van der Waals surface area contributed by atoms with E-state index in [9.17, 15) is 0 Å². The first kappa shape index (κ1) is 28.5. The number of nitrogens with one attached hydrogen (secondary N) is 1. The highest BCUT2D eigenvalue weighted by Gasteiger charge is 2.55. The van der Waals surface area contributed by atoms with Crippen LogP contribution in [0.25, 0.3) is 11.0 Å². The van der Waals surface area contributed by atoms with Gasteiger partial charge in [-0.2, -0.15) is 0 Å². The van der Waals surface area contributed by atoms with Crippen LogP contribution in [0, 0.1) is 5.92 Å². The SMILES string of the molecule is COc1ccc(CNc2ncnc3c2c(Br)cn3[C@@H]2C[C@H](CO[Si](C)(C)C(C)(C)C)[C@H]3OC(C)(C)O[C@H]32)cc1. The average Bonchev–Trinajstić information content (AvgIpc) is 3.49. The van der Waals surface area contributed by atoms with Crippen molar-refractivity contribution in [2.24, 2.45) is 5.92 Å². The minimum atomic E-state index is -1.89. The summed E-state index contributed by atoms with van der Waals surface area (Å²) in [5.41, 5.74) is 2.01. The summed E-state index contributed by atoms with van der Waals surface area (Å²) in [5.74, 6) is 1.23. The summed E-state index contributed by atoms with van der Waals surface area (Å²) in [4.78, 5) is 9.30. The van der Waals surface area contributed by atoms with Crippen molar-refractivity contribution in [2.45, 2.75) is 89.8 Å². The second-order valence-electron chi connectivity index (χ2n) is 12.7. The highest BCUT2D eigenvalue weighted by Crippen LogP contribution is 2.49. The van der Waals surface area contributed by atoms with E-state index in [1.165, 1.54) is 0 Å². The molecule has 2 aromatic heterocycles. The van der Waals surface area contributed by atoms with Crippen LogP contribution in [-0.2, 0) is 20.4 Å². The molecule has 2 fully saturated rings. The number of fused-ring (bicyclic) bond motifs is 2. The molecule has 1 saturated carbocycles. The van der Waals surface area contributed by atoms with E-state index in [-0.39, 0.29) is 29.2 Å². The summed E-state index contributed by atoms with van der Waals surface area (Å²) >= 11 is 3.80. The summed E-state index contributed by atoms with van der Waals surface area (Å²) < 4.78 is 28.1. The molecule has 0 radical (unpaired) electrons. The largest absolute Gasteiger partial charge is 0.497 e. The second kappa shape index (κ2) is 10.4. The molecule has 0 amide bonds. The van der Waals surface area contributed by atoms with Crippen molar-refractivity contribution in [1.82, 2.24) is 14.5 Å². The first-order valence-corrected chi connectivity index (χ1v) is 17.4. The van der Waals surface area contributed by atoms with Crippen LogP contribution < -0.4 is 10.1 Å². The van der Waals surface area contributed by atoms with Crippen LogP contribution in [-0.4, -0.2) is 54.6 Å². The zero-order valence-corrected chi connectivity index (χ0v) is 26.8. The summed E-state index contributed by atoms with van der Waals surface area (Å²) in [6, 6.07) is 8.10. The smallest absolute Gasteiger partial charge is 0.191 e. The lowest BCUT2D eigenvalue weighted by Gasteiger charge is -2.37. The third-order valence-electron chi connectivity index (χ3n) is 8.56. The van der Waals surface area contributed by atoms with Gasteiger partial charge in [-0.05, 0) is 72.0 Å². The van der Waals surface area contributed by atoms with Gasteiger partial charge in [0.15, 0.2) is 14.1 Å². The Kier molecular flexibility index (Phi) is 7.65. The summed E-state index contributed by atoms with van der Waals surface area (Å²) in [5, 5.41) is 4.62. The average molecular weight is 618 g/mol. The van der Waals surface area contributed by atoms with Crippen molar-refractivity contribution in [3.63, 3.8) is 0 Å². The van der Waals surface area contributed by atoms with E-state index in [2.05, 4.69) is 70.9 Å². The van der Waals surface area contributed by atoms with Gasteiger partial charge >= 0.3 is 0 Å². The summed E-state index contributed by atoms with van der Waals surface area (Å²) in [6.45, 7) is 16.8. The standard InChI is InChI=1S/C29H41BrN4O4Si/c1-28(2,3)39(7,8)36-16-19-13-22(25-24(19)37-29(4,5)38-25)34-15-21(30)23-26(32-17-33-27(23)34)31-14-18-9-11-20(35-6)12-10-18/h9-12,15,17,19,22,24-25H,13-14,16H2,1-8H3,(H,31,32,33)/t19-,22-,24-,25+/m1/s1. The first-order valence-electron chi connectivity index (χ1n) is 13.7. The molecule has 3 aromatic rings. The van der Waals surface area contributed by atoms with Crippen molar-refractivity contribution in [1.29, 1.82) is 0 Å². The lowest BCUT2D eigenvalue weighted by molar-refractivity contribution is -0.161. The second-order valence-corrected chi connectivity index (χ2v) is 18.4. The van der Waals surface area contributed by atoms with Crippen LogP contribution in [0.2, 0.25) is 18.1 Å². The monoisotopic (exact) mass is 616 g/mol. The van der Waals surface area contributed by atoms with E-state index in [0.29, 0.717) is 13.2 Å². The molecule has 1 aliphatic carbocycles. The van der Waals surface area contributed by atoms with Crippen LogP contribution in [0.4, 0.5) is 5.82 Å². The highest BCUT2D eigenvalue weighted by molar-refractivity contribution is 9.10. The molecule has 8 nitrogen and oxygen atoms in total. The quantitative estimate of drug-likeness (QED) is 0.275. The molecule has 2 aliphatic rings. The maximum absolute atomic E-state index is 6.68. The molecule has 1 N–H and O–H groups in total. The van der Waals surface area contributed by atoms with Gasteiger partial charge in [0.25, 0.3) is 0 Å². The molecular weight excluding hydrogens is 576 g/mol. The van der Waals surface area contributed by atoms with Crippen molar-refractivity contribution in [3.8, 4) is 5.75 Å². The minimum absolute atomic E-state index is 0.0273. The Balaban J connectivity index is 1.41. The Hall–Kier alpha value is -1.98. The Bertz CT molecular complexity index is 1320. The Labute approximate surface area is 241 Å². The molecule has 0 bridgehead atoms. The van der Waals surface area contributed by atoms with E-state index >= 15 is 0 Å². The first-order chi connectivity index (χ1) is 18.3. The number of ether oxygens (including phenoxy) is 3. The molecule has 1 aromatic carbocycles. The highest BCUT2D eigenvalue weighted by atomic mass is 79.9. The molecular formula is C29H41BrN4O4Si. The fourth-order valence-electron chi connectivity index (χ4n) is 5.38. The van der Waals surface area contributed by atoms with E-state index in [1.807, 2.05) is 38.1 Å². The van der Waals surface area contributed by atoms with Gasteiger partial charge in [0.2, 0.25) is 0 Å². The van der Waals surface area contributed by atoms with Crippen molar-refractivity contribution in [3.05, 3.63) is 46.8 Å². The Morgan fingerprint density at radius 1 is 1.13 bits per heavy atom. The number of benzene rings is 1. The fourth-order valence-corrected chi connectivity index (χ4v) is 7.03. The van der Waals surface area contributed by atoms with Crippen LogP contribution in [0.1, 0.15) is 52.6 Å². The van der Waals surface area contributed by atoms with Crippen molar-refractivity contribution < 1.29 is 18.6 Å². The zero-order valence-electron chi connectivity index (χ0n) is 24.2. The van der Waals surface area contributed by atoms with Crippen molar-refractivity contribution in [2.75, 3.05) is 19.0 Å². The number of hydrogen-bond acceptors (Lipinski definition) is 7. The van der Waals surface area contributed by atoms with E-state index in [1.54, 1.807) is 13.4 Å². The van der Waals surface area contributed by atoms with Gasteiger partial charge in [-0.3, -0.25) is 0 Å². The number of methoxy groups -OCH3 is 1. The molecule has 5 rings (SSSR count). The maximum atomic E-state index is 6.68. The third kappa shape index (κ3) is 5.63. The topological polar surface area (TPSA) is 79.7 Å². The van der Waals surface area contributed by atoms with Gasteiger partial charge in [-0.15, -0.1) is 0 Å². The van der Waals surface area contributed by atoms with Crippen LogP contribution in [0.15, 0.2) is 41.3 Å². The number of aromatic nitrogens is 3. The molecule has 1 aliphatic heterocycles. The van der Waals surface area contributed by atoms with E-state index < -0.39 is 14.1 Å². The normalized spacial score (nSPS) is 24.7. The maximum Gasteiger partial charge on any atom is 0.191 e. The Morgan fingerprint density at radius 3 is 2.49 bits per heavy atom. The van der Waals surface area contributed by atoms with Gasteiger partial charge in [-0.1, -0.05) is 32.9 Å². The lowest BCUT2D eigenvalue weighted by atomic mass is 10.1. The minimum Gasteiger partial charge on any atom is -0.497 e. The zero-order chi connectivity index (χ0) is 28.2. The lowest BCUT2D eigenvalue weighted by Crippen LogP contribution is -2.43. The number of anilines is 1. The number of nitrogens with zero attached hydrogens (tertiary/aromatic N) is 3. The van der Waals surface area contributed by atoms with Gasteiger partial charge in [0.05, 0.1) is 24.6 Å². The number of halogens is 1. The van der Waals surface area contributed by atoms with Gasteiger partial charge in [0, 0.05) is 29.7 Å². The van der Waals surface area contributed by atoms with Gasteiger partial charge < -0.3 is 28.5 Å². The van der Waals surface area contributed by atoms with Crippen LogP contribution >= 0.6 is 15.9 Å². The van der Waals surface area contributed by atoms with E-state index in [0.717, 1.165) is 39.1 Å². The number of hydrogen-bond donors (Lipinski definition) is 1. The number of rotatable bonds is 8. The van der Waals surface area contributed by atoms with E-state index in [4.69, 9.17) is 23.6 Å². The Morgan fingerprint density at radius 2 is 1.82 bits per heavy atom. The predicted molar refractivity (Wildman–Crippen MR) is 160 cm³/mol. The molecule has 212 valence electrons. The van der Waals surface area contributed by atoms with Crippen LogP contribution in [0.3, 0.4) is 0 Å². The van der Waals surface area contributed by atoms with Crippen molar-refractivity contribution >= 4 is 41.1 Å². The van der Waals surface area contributed by atoms with Gasteiger partial charge in [0.1, 0.15) is 29.6 Å². The molecule has 10 heteroatoms. The van der Waals surface area contributed by atoms with Crippen LogP contribution in [0.5, 0.6) is 5.75 Å². The molecule has 39 heavy (non-hydrogen) atoms. The third-order valence-corrected chi connectivity index (χ3v) is 13.7. The summed E-state index contributed by atoms with van der Waals surface area (Å²) in [7, 11) is -0.216. The molecule has 1 saturated heterocycles. The molecule has 0 spiro atoms. The molecule has 4 atom stereocenters. The molecule has 0 unspecified atom stereocenters. The summed E-state index contributed by atoms with van der Waals surface area (Å²) in [6.07, 6.45) is 4.53. The predicted octanol–water partition coefficient (Wildman–Crippen LogP) is 6.92. The molecule has 3 heterocycles.